The number of pyridine rings is 1. The van der Waals surface area contributed by atoms with E-state index in [9.17, 15) is 0 Å². The van der Waals surface area contributed by atoms with Crippen molar-refractivity contribution in [2.24, 2.45) is 0 Å². The minimum absolute atomic E-state index is 0.0821. The molecule has 1 N–H and O–H groups in total. The first kappa shape index (κ1) is 20.3. The largest absolute Gasteiger partial charge is 0.497 e. The number of thiocarbonyl (C=S) groups is 1. The summed E-state index contributed by atoms with van der Waals surface area (Å²) in [6.07, 6.45) is 3.90. The molecule has 5 nitrogen and oxygen atoms in total. The molecule has 2 atom stereocenters. The van der Waals surface area contributed by atoms with Crippen LogP contribution in [-0.4, -0.2) is 21.8 Å². The molecule has 3 heterocycles. The van der Waals surface area contributed by atoms with Gasteiger partial charge in [0.2, 0.25) is 0 Å². The second-order valence-corrected chi connectivity index (χ2v) is 8.22. The van der Waals surface area contributed by atoms with Gasteiger partial charge in [-0.25, -0.2) is 0 Å². The van der Waals surface area contributed by atoms with E-state index in [1.807, 2.05) is 42.6 Å². The van der Waals surface area contributed by atoms with Gasteiger partial charge in [-0.15, -0.1) is 0 Å². The lowest BCUT2D eigenvalue weighted by molar-refractivity contribution is 0.414. The third-order valence-electron chi connectivity index (χ3n) is 5.83. The van der Waals surface area contributed by atoms with Gasteiger partial charge in [0.25, 0.3) is 0 Å². The van der Waals surface area contributed by atoms with E-state index < -0.39 is 0 Å². The minimum atomic E-state index is -0.0933. The Balaban J connectivity index is 1.66. The minimum Gasteiger partial charge on any atom is -0.497 e. The van der Waals surface area contributed by atoms with Crippen LogP contribution >= 0.6 is 12.2 Å². The van der Waals surface area contributed by atoms with E-state index >= 15 is 0 Å². The maximum Gasteiger partial charge on any atom is 0.174 e. The van der Waals surface area contributed by atoms with Gasteiger partial charge in [0.15, 0.2) is 5.11 Å². The third-order valence-corrected chi connectivity index (χ3v) is 6.14. The maximum absolute atomic E-state index is 5.84. The Bertz CT molecular complexity index is 1240. The van der Waals surface area contributed by atoms with Crippen molar-refractivity contribution in [1.82, 2.24) is 14.9 Å². The fourth-order valence-electron chi connectivity index (χ4n) is 4.27. The molecule has 0 radical (unpaired) electrons. The van der Waals surface area contributed by atoms with E-state index in [0.29, 0.717) is 5.11 Å². The van der Waals surface area contributed by atoms with Crippen molar-refractivity contribution < 1.29 is 4.74 Å². The number of nitrogens with one attached hydrogen (secondary N) is 1. The average Bonchev–Trinajstić information content (AvgIpc) is 3.44. The zero-order valence-electron chi connectivity index (χ0n) is 18.0. The number of aryl methyl sites for hydroxylation is 1. The Morgan fingerprint density at radius 3 is 2.53 bits per heavy atom. The normalized spacial score (nSPS) is 17.9. The maximum atomic E-state index is 5.84. The van der Waals surface area contributed by atoms with Crippen LogP contribution in [0.1, 0.15) is 29.0 Å². The quantitative estimate of drug-likeness (QED) is 0.423. The zero-order valence-corrected chi connectivity index (χ0v) is 18.8. The fourth-order valence-corrected chi connectivity index (χ4v) is 4.62. The van der Waals surface area contributed by atoms with Gasteiger partial charge >= 0.3 is 0 Å². The average molecular weight is 441 g/mol. The number of hydrogen-bond acceptors (Lipinski definition) is 3. The van der Waals surface area contributed by atoms with Crippen LogP contribution in [0.25, 0.3) is 5.69 Å². The summed E-state index contributed by atoms with van der Waals surface area (Å²) in [6, 6.07) is 26.6. The Morgan fingerprint density at radius 1 is 0.938 bits per heavy atom. The molecule has 0 bridgehead atoms. The number of hydrogen-bond donors (Lipinski definition) is 1. The van der Waals surface area contributed by atoms with Gasteiger partial charge in [0, 0.05) is 35.5 Å². The number of anilines is 1. The SMILES string of the molecule is COc1cccc(-n2cccc2[C@H]2[C@@H](c3ccccn3)NC(=S)N2c2ccc(C)cc2)c1. The number of ether oxygens (including phenoxy) is 1. The lowest BCUT2D eigenvalue weighted by Crippen LogP contribution is -2.30. The molecule has 0 spiro atoms. The van der Waals surface area contributed by atoms with Gasteiger partial charge in [0.05, 0.1) is 18.8 Å². The van der Waals surface area contributed by atoms with Gasteiger partial charge in [-0.1, -0.05) is 29.8 Å². The highest BCUT2D eigenvalue weighted by molar-refractivity contribution is 7.80. The van der Waals surface area contributed by atoms with Crippen molar-refractivity contribution in [1.29, 1.82) is 0 Å². The molecule has 160 valence electrons. The summed E-state index contributed by atoms with van der Waals surface area (Å²) in [7, 11) is 1.69. The van der Waals surface area contributed by atoms with Gasteiger partial charge < -0.3 is 19.5 Å². The molecular formula is C26H24N4OS. The topological polar surface area (TPSA) is 42.3 Å². The highest BCUT2D eigenvalue weighted by atomic mass is 32.1. The summed E-state index contributed by atoms with van der Waals surface area (Å²) in [5.74, 6) is 0.818. The number of benzene rings is 2. The van der Waals surface area contributed by atoms with Crippen LogP contribution in [0.15, 0.2) is 91.3 Å². The highest BCUT2D eigenvalue weighted by Crippen LogP contribution is 2.42. The van der Waals surface area contributed by atoms with Crippen molar-refractivity contribution in [2.45, 2.75) is 19.0 Å². The predicted molar refractivity (Wildman–Crippen MR) is 131 cm³/mol. The number of rotatable bonds is 5. The molecule has 6 heteroatoms. The molecule has 2 aromatic carbocycles. The first-order valence-corrected chi connectivity index (χ1v) is 11.0. The summed E-state index contributed by atoms with van der Waals surface area (Å²) < 4.78 is 7.65. The van der Waals surface area contributed by atoms with Crippen LogP contribution in [0.3, 0.4) is 0 Å². The second kappa shape index (κ2) is 8.48. The van der Waals surface area contributed by atoms with Gasteiger partial charge in [-0.2, -0.15) is 0 Å². The standard InChI is InChI=1S/C26H24N4OS/c1-18-11-13-19(14-12-18)30-25(24(28-26(30)32)22-9-3-4-15-27-22)23-10-6-16-29(23)20-7-5-8-21(17-20)31-2/h3-17,24-25H,1-2H3,(H,28,32)/t24-,25+/m1/s1. The molecule has 1 fully saturated rings. The summed E-state index contributed by atoms with van der Waals surface area (Å²) in [4.78, 5) is 6.84. The molecule has 0 aliphatic carbocycles. The fraction of sp³-hybridized carbons (Fsp3) is 0.154. The molecule has 0 amide bonds. The van der Waals surface area contributed by atoms with Gasteiger partial charge in [0.1, 0.15) is 11.8 Å². The van der Waals surface area contributed by atoms with Crippen molar-refractivity contribution in [2.75, 3.05) is 12.0 Å². The molecule has 1 aliphatic heterocycles. The van der Waals surface area contributed by atoms with Crippen molar-refractivity contribution >= 4 is 23.0 Å². The van der Waals surface area contributed by atoms with Crippen LogP contribution in [0, 0.1) is 6.92 Å². The van der Waals surface area contributed by atoms with Crippen LogP contribution < -0.4 is 15.0 Å². The summed E-state index contributed by atoms with van der Waals surface area (Å²) >= 11 is 5.84. The number of aromatic nitrogens is 2. The third kappa shape index (κ3) is 3.63. The molecule has 5 rings (SSSR count). The zero-order chi connectivity index (χ0) is 22.1. The molecule has 32 heavy (non-hydrogen) atoms. The Kier molecular flexibility index (Phi) is 5.37. The first-order chi connectivity index (χ1) is 15.7. The molecule has 4 aromatic rings. The van der Waals surface area contributed by atoms with Crippen LogP contribution in [0.5, 0.6) is 5.75 Å². The van der Waals surface area contributed by atoms with E-state index in [-0.39, 0.29) is 12.1 Å². The highest BCUT2D eigenvalue weighted by Gasteiger charge is 2.42. The molecular weight excluding hydrogens is 416 g/mol. The predicted octanol–water partition coefficient (Wildman–Crippen LogP) is 5.37. The van der Waals surface area contributed by atoms with E-state index in [2.05, 4.69) is 75.4 Å². The Hall–Kier alpha value is -3.64. The van der Waals surface area contributed by atoms with E-state index in [0.717, 1.165) is 28.5 Å². The summed E-state index contributed by atoms with van der Waals surface area (Å²) in [6.45, 7) is 2.09. The van der Waals surface area contributed by atoms with E-state index in [4.69, 9.17) is 17.0 Å². The summed E-state index contributed by atoms with van der Waals surface area (Å²) in [5.41, 5.74) is 5.36. The molecule has 0 unspecified atom stereocenters. The van der Waals surface area contributed by atoms with Crippen molar-refractivity contribution in [3.63, 3.8) is 0 Å². The first-order valence-electron chi connectivity index (χ1n) is 10.5. The van der Waals surface area contributed by atoms with Crippen LogP contribution in [-0.2, 0) is 0 Å². The van der Waals surface area contributed by atoms with E-state index in [1.54, 1.807) is 7.11 Å². The lowest BCUT2D eigenvalue weighted by atomic mass is 10.0. The molecule has 1 saturated heterocycles. The van der Waals surface area contributed by atoms with Crippen LogP contribution in [0.4, 0.5) is 5.69 Å². The van der Waals surface area contributed by atoms with Crippen molar-refractivity contribution in [3.05, 3.63) is 108 Å². The smallest absolute Gasteiger partial charge is 0.174 e. The lowest BCUT2D eigenvalue weighted by Gasteiger charge is -2.29. The van der Waals surface area contributed by atoms with Crippen LogP contribution in [0.2, 0.25) is 0 Å². The molecule has 0 saturated carbocycles. The second-order valence-electron chi connectivity index (χ2n) is 7.84. The monoisotopic (exact) mass is 440 g/mol. The molecule has 1 aliphatic rings. The molecule has 2 aromatic heterocycles. The van der Waals surface area contributed by atoms with Gasteiger partial charge in [-0.3, -0.25) is 4.98 Å². The Morgan fingerprint density at radius 2 is 1.78 bits per heavy atom. The van der Waals surface area contributed by atoms with Crippen molar-refractivity contribution in [3.8, 4) is 11.4 Å². The Labute approximate surface area is 193 Å². The number of nitrogens with zero attached hydrogens (tertiary/aromatic N) is 3. The van der Waals surface area contributed by atoms with Gasteiger partial charge in [-0.05, 0) is 67.7 Å². The summed E-state index contributed by atoms with van der Waals surface area (Å²) in [5, 5.41) is 4.22. The van der Waals surface area contributed by atoms with E-state index in [1.165, 1.54) is 5.56 Å². The number of methoxy groups -OCH3 is 1.